The van der Waals surface area contributed by atoms with Gasteiger partial charge in [-0.05, 0) is 30.7 Å². The lowest BCUT2D eigenvalue weighted by Crippen LogP contribution is -2.50. The first-order chi connectivity index (χ1) is 19.0. The zero-order valence-corrected chi connectivity index (χ0v) is 23.8. The van der Waals surface area contributed by atoms with Crippen LogP contribution in [0.15, 0.2) is 66.1 Å². The largest absolute Gasteiger partial charge is 0.488 e. The Morgan fingerprint density at radius 1 is 1.25 bits per heavy atom. The number of sulfonamides is 1. The van der Waals surface area contributed by atoms with Crippen LogP contribution in [0, 0.1) is 5.92 Å². The van der Waals surface area contributed by atoms with Gasteiger partial charge in [-0.15, -0.1) is 0 Å². The van der Waals surface area contributed by atoms with Crippen molar-refractivity contribution in [2.75, 3.05) is 32.1 Å². The van der Waals surface area contributed by atoms with Gasteiger partial charge < -0.3 is 24.6 Å². The molecule has 2 N–H and O–H groups in total. The standard InChI is InChI=1S/C28H35N5O6S/c1-19-14-33(20(2)17-34)28(36)23-13-22(30-26(35)12-21-8-6-5-7-9-21)10-11-24(23)39-25(19)15-32(4)40(37,38)27-16-31(3)18-29-27/h5-11,13,16,18-20,25,34H,12,14-15,17H2,1-4H3,(H,30,35)/t19-,20+,25+/m1/s1. The van der Waals surface area contributed by atoms with Crippen molar-refractivity contribution in [3.05, 3.63) is 72.2 Å². The van der Waals surface area contributed by atoms with Crippen LogP contribution in [-0.4, -0.2) is 83.0 Å². The van der Waals surface area contributed by atoms with E-state index in [9.17, 15) is 23.1 Å². The Kier molecular flexibility index (Phi) is 8.92. The lowest BCUT2D eigenvalue weighted by atomic mass is 9.99. The molecule has 0 fully saturated rings. The summed E-state index contributed by atoms with van der Waals surface area (Å²) < 4.78 is 35.3. The fourth-order valence-corrected chi connectivity index (χ4v) is 5.68. The number of aliphatic hydroxyl groups excluding tert-OH is 1. The third kappa shape index (κ3) is 6.52. The number of carbonyl (C=O) groups excluding carboxylic acids is 2. The highest BCUT2D eigenvalue weighted by atomic mass is 32.2. The van der Waals surface area contributed by atoms with Crippen LogP contribution in [0.2, 0.25) is 0 Å². The van der Waals surface area contributed by atoms with Gasteiger partial charge >= 0.3 is 0 Å². The number of rotatable bonds is 9. The highest BCUT2D eigenvalue weighted by molar-refractivity contribution is 7.89. The molecule has 4 rings (SSSR count). The number of anilines is 1. The third-order valence-electron chi connectivity index (χ3n) is 6.95. The molecule has 3 atom stereocenters. The Morgan fingerprint density at radius 2 is 1.98 bits per heavy atom. The van der Waals surface area contributed by atoms with Gasteiger partial charge in [0.15, 0.2) is 5.03 Å². The van der Waals surface area contributed by atoms with E-state index in [2.05, 4.69) is 10.3 Å². The summed E-state index contributed by atoms with van der Waals surface area (Å²) in [6, 6.07) is 13.6. The number of ether oxygens (including phenoxy) is 1. The molecule has 11 nitrogen and oxygen atoms in total. The third-order valence-corrected chi connectivity index (χ3v) is 8.66. The van der Waals surface area contributed by atoms with E-state index in [1.165, 1.54) is 23.9 Å². The van der Waals surface area contributed by atoms with E-state index in [0.29, 0.717) is 5.69 Å². The van der Waals surface area contributed by atoms with Crippen molar-refractivity contribution < 1.29 is 27.9 Å². The monoisotopic (exact) mass is 569 g/mol. The van der Waals surface area contributed by atoms with Crippen molar-refractivity contribution in [3.63, 3.8) is 0 Å². The SMILES string of the molecule is C[C@@H]1CN([C@@H](C)CO)C(=O)c2cc(NC(=O)Cc3ccccc3)ccc2O[C@H]1CN(C)S(=O)(=O)c1cn(C)cn1. The van der Waals surface area contributed by atoms with Crippen LogP contribution >= 0.6 is 0 Å². The van der Waals surface area contributed by atoms with Crippen molar-refractivity contribution in [2.24, 2.45) is 13.0 Å². The molecule has 2 aromatic carbocycles. The van der Waals surface area contributed by atoms with Gasteiger partial charge in [-0.1, -0.05) is 37.3 Å². The van der Waals surface area contributed by atoms with Gasteiger partial charge in [0.1, 0.15) is 11.9 Å². The predicted molar refractivity (Wildman–Crippen MR) is 149 cm³/mol. The van der Waals surface area contributed by atoms with Crippen LogP contribution in [0.5, 0.6) is 5.75 Å². The number of imidazole rings is 1. The maximum absolute atomic E-state index is 13.6. The zero-order valence-electron chi connectivity index (χ0n) is 23.0. The summed E-state index contributed by atoms with van der Waals surface area (Å²) in [5.74, 6) is -0.603. The highest BCUT2D eigenvalue weighted by Gasteiger charge is 2.35. The topological polar surface area (TPSA) is 134 Å². The van der Waals surface area contributed by atoms with Gasteiger partial charge in [-0.2, -0.15) is 4.31 Å². The molecule has 3 aromatic rings. The van der Waals surface area contributed by atoms with Gasteiger partial charge in [-0.25, -0.2) is 13.4 Å². The average molecular weight is 570 g/mol. The Hall–Kier alpha value is -3.74. The van der Waals surface area contributed by atoms with Crippen molar-refractivity contribution >= 4 is 27.5 Å². The van der Waals surface area contributed by atoms with Gasteiger partial charge in [0.05, 0.1) is 37.5 Å². The van der Waals surface area contributed by atoms with Gasteiger partial charge in [0.25, 0.3) is 15.9 Å². The fourth-order valence-electron chi connectivity index (χ4n) is 4.54. The second kappa shape index (κ2) is 12.2. The number of hydrogen-bond acceptors (Lipinski definition) is 7. The molecule has 0 unspecified atom stereocenters. The lowest BCUT2D eigenvalue weighted by molar-refractivity contribution is -0.115. The molecular weight excluding hydrogens is 534 g/mol. The molecular formula is C28H35N5O6S. The van der Waals surface area contributed by atoms with Gasteiger partial charge in [0, 0.05) is 38.4 Å². The van der Waals surface area contributed by atoms with Crippen LogP contribution in [0.1, 0.15) is 29.8 Å². The number of aliphatic hydroxyl groups is 1. The number of benzene rings is 2. The Morgan fingerprint density at radius 3 is 2.62 bits per heavy atom. The Labute approximate surface area is 234 Å². The summed E-state index contributed by atoms with van der Waals surface area (Å²) in [6.45, 7) is 3.60. The Balaban J connectivity index is 1.61. The number of nitrogens with one attached hydrogen (secondary N) is 1. The molecule has 0 bridgehead atoms. The maximum Gasteiger partial charge on any atom is 0.261 e. The summed E-state index contributed by atoms with van der Waals surface area (Å²) in [5.41, 5.74) is 1.49. The summed E-state index contributed by atoms with van der Waals surface area (Å²) >= 11 is 0. The van der Waals surface area contributed by atoms with E-state index in [1.54, 1.807) is 41.6 Å². The number of aryl methyl sites for hydroxylation is 1. The summed E-state index contributed by atoms with van der Waals surface area (Å²) in [6.07, 6.45) is 2.40. The predicted octanol–water partition coefficient (Wildman–Crippen LogP) is 2.14. The summed E-state index contributed by atoms with van der Waals surface area (Å²) in [7, 11) is -0.725. The molecule has 0 saturated carbocycles. The zero-order chi connectivity index (χ0) is 29.0. The van der Waals surface area contributed by atoms with Crippen molar-refractivity contribution in [3.8, 4) is 5.75 Å². The first-order valence-electron chi connectivity index (χ1n) is 13.0. The molecule has 1 aliphatic heterocycles. The number of aromatic nitrogens is 2. The second-order valence-electron chi connectivity index (χ2n) is 10.2. The minimum atomic E-state index is -3.88. The molecule has 40 heavy (non-hydrogen) atoms. The molecule has 0 radical (unpaired) electrons. The lowest BCUT2D eigenvalue weighted by Gasteiger charge is -2.38. The minimum Gasteiger partial charge on any atom is -0.488 e. The average Bonchev–Trinajstić information content (AvgIpc) is 3.38. The number of likely N-dealkylation sites (N-methyl/N-ethyl adjacent to an activating group) is 1. The molecule has 0 spiro atoms. The number of fused-ring (bicyclic) bond motifs is 1. The smallest absolute Gasteiger partial charge is 0.261 e. The van der Waals surface area contributed by atoms with Crippen LogP contribution in [0.3, 0.4) is 0 Å². The van der Waals surface area contributed by atoms with E-state index in [4.69, 9.17) is 4.74 Å². The summed E-state index contributed by atoms with van der Waals surface area (Å²) in [4.78, 5) is 31.8. The fraction of sp³-hybridized carbons (Fsp3) is 0.393. The number of carbonyl (C=O) groups is 2. The van der Waals surface area contributed by atoms with Crippen molar-refractivity contribution in [1.82, 2.24) is 18.8 Å². The number of hydrogen-bond donors (Lipinski definition) is 2. The maximum atomic E-state index is 13.6. The van der Waals surface area contributed by atoms with E-state index in [1.807, 2.05) is 37.3 Å². The molecule has 0 saturated heterocycles. The Bertz CT molecular complexity index is 1460. The van der Waals surface area contributed by atoms with E-state index in [-0.39, 0.29) is 60.2 Å². The van der Waals surface area contributed by atoms with Crippen molar-refractivity contribution in [2.45, 2.75) is 37.4 Å². The highest BCUT2D eigenvalue weighted by Crippen LogP contribution is 2.31. The normalized spacial score (nSPS) is 18.4. The molecule has 214 valence electrons. The van der Waals surface area contributed by atoms with E-state index < -0.39 is 22.2 Å². The van der Waals surface area contributed by atoms with Crippen LogP contribution < -0.4 is 10.1 Å². The minimum absolute atomic E-state index is 0.00458. The quantitative estimate of drug-likeness (QED) is 0.403. The first-order valence-corrected chi connectivity index (χ1v) is 14.4. The van der Waals surface area contributed by atoms with E-state index in [0.717, 1.165) is 5.56 Å². The summed E-state index contributed by atoms with van der Waals surface area (Å²) in [5, 5.41) is 12.6. The molecule has 2 heterocycles. The molecule has 2 amide bonds. The van der Waals surface area contributed by atoms with Gasteiger partial charge in [0.2, 0.25) is 5.91 Å². The molecule has 1 aliphatic rings. The van der Waals surface area contributed by atoms with Crippen molar-refractivity contribution in [1.29, 1.82) is 0 Å². The van der Waals surface area contributed by atoms with Gasteiger partial charge in [-0.3, -0.25) is 9.59 Å². The van der Waals surface area contributed by atoms with Crippen LogP contribution in [0.4, 0.5) is 5.69 Å². The number of nitrogens with zero attached hydrogens (tertiary/aromatic N) is 4. The molecule has 0 aliphatic carbocycles. The second-order valence-corrected chi connectivity index (χ2v) is 12.2. The van der Waals surface area contributed by atoms with Crippen LogP contribution in [0.25, 0.3) is 0 Å². The number of amides is 2. The molecule has 1 aromatic heterocycles. The van der Waals surface area contributed by atoms with E-state index >= 15 is 0 Å². The molecule has 12 heteroatoms. The van der Waals surface area contributed by atoms with Crippen LogP contribution in [-0.2, 0) is 28.3 Å². The first kappa shape index (κ1) is 29.2.